The second-order valence-corrected chi connectivity index (χ2v) is 7.17. The van der Waals surface area contributed by atoms with Crippen molar-refractivity contribution in [2.24, 2.45) is 0 Å². The molecule has 2 aromatic heterocycles. The lowest BCUT2D eigenvalue weighted by atomic mass is 9.92. The van der Waals surface area contributed by atoms with Crippen LogP contribution in [0.15, 0.2) is 11.7 Å². The highest BCUT2D eigenvalue weighted by molar-refractivity contribution is 14.1. The standard InChI is InChI=1S/C13H17IN4S/c1-5-16-12-9(14)10(13(2,3)4)17-11(18-12)8-6-15-7-19-8/h6-7H,5H2,1-4H3,(H,16,17,18). The monoisotopic (exact) mass is 388 g/mol. The predicted octanol–water partition coefficient (Wildman–Crippen LogP) is 3.93. The van der Waals surface area contributed by atoms with E-state index in [1.807, 2.05) is 6.20 Å². The molecule has 0 radical (unpaired) electrons. The number of hydrogen-bond acceptors (Lipinski definition) is 5. The minimum atomic E-state index is -0.0108. The minimum Gasteiger partial charge on any atom is -0.369 e. The summed E-state index contributed by atoms with van der Waals surface area (Å²) in [5.74, 6) is 1.66. The first-order chi connectivity index (χ1) is 8.93. The van der Waals surface area contributed by atoms with Crippen LogP contribution in [0.25, 0.3) is 10.7 Å². The zero-order chi connectivity index (χ0) is 14.0. The number of thiazole rings is 1. The molecular formula is C13H17IN4S. The Morgan fingerprint density at radius 1 is 1.32 bits per heavy atom. The third-order valence-electron chi connectivity index (χ3n) is 2.56. The van der Waals surface area contributed by atoms with Gasteiger partial charge in [-0.05, 0) is 29.5 Å². The Labute approximate surface area is 131 Å². The van der Waals surface area contributed by atoms with Crippen molar-refractivity contribution in [2.75, 3.05) is 11.9 Å². The Bertz CT molecular complexity index is 561. The molecule has 2 rings (SSSR count). The summed E-state index contributed by atoms with van der Waals surface area (Å²) in [7, 11) is 0. The summed E-state index contributed by atoms with van der Waals surface area (Å²) < 4.78 is 1.10. The Morgan fingerprint density at radius 3 is 2.58 bits per heavy atom. The number of aromatic nitrogens is 3. The van der Waals surface area contributed by atoms with Crippen LogP contribution in [0.2, 0.25) is 0 Å². The normalized spacial score (nSPS) is 11.6. The van der Waals surface area contributed by atoms with Crippen LogP contribution in [-0.4, -0.2) is 21.5 Å². The van der Waals surface area contributed by atoms with Crippen molar-refractivity contribution >= 4 is 39.7 Å². The Balaban J connectivity index is 2.61. The molecule has 0 unspecified atom stereocenters. The highest BCUT2D eigenvalue weighted by atomic mass is 127. The summed E-state index contributed by atoms with van der Waals surface area (Å²) in [5, 5.41) is 3.32. The largest absolute Gasteiger partial charge is 0.369 e. The smallest absolute Gasteiger partial charge is 0.173 e. The van der Waals surface area contributed by atoms with E-state index in [-0.39, 0.29) is 5.41 Å². The van der Waals surface area contributed by atoms with Gasteiger partial charge in [0.25, 0.3) is 0 Å². The van der Waals surface area contributed by atoms with Crippen molar-refractivity contribution in [1.29, 1.82) is 0 Å². The molecule has 19 heavy (non-hydrogen) atoms. The zero-order valence-electron chi connectivity index (χ0n) is 11.5. The number of anilines is 1. The van der Waals surface area contributed by atoms with Crippen LogP contribution < -0.4 is 5.32 Å². The van der Waals surface area contributed by atoms with Gasteiger partial charge in [0.05, 0.1) is 19.7 Å². The molecule has 0 aliphatic carbocycles. The summed E-state index contributed by atoms with van der Waals surface area (Å²) in [6.45, 7) is 9.43. The predicted molar refractivity (Wildman–Crippen MR) is 88.7 cm³/mol. The first-order valence-electron chi connectivity index (χ1n) is 6.14. The van der Waals surface area contributed by atoms with Gasteiger partial charge in [-0.1, -0.05) is 20.8 Å². The van der Waals surface area contributed by atoms with E-state index < -0.39 is 0 Å². The third-order valence-corrected chi connectivity index (χ3v) is 4.35. The van der Waals surface area contributed by atoms with E-state index in [1.54, 1.807) is 16.8 Å². The maximum absolute atomic E-state index is 4.74. The Hall–Kier alpha value is -0.760. The van der Waals surface area contributed by atoms with E-state index in [1.165, 1.54) is 0 Å². The van der Waals surface area contributed by atoms with Crippen LogP contribution in [0.4, 0.5) is 5.82 Å². The highest BCUT2D eigenvalue weighted by Crippen LogP contribution is 2.32. The van der Waals surface area contributed by atoms with Gasteiger partial charge in [-0.25, -0.2) is 9.97 Å². The molecule has 0 saturated carbocycles. The lowest BCUT2D eigenvalue weighted by Crippen LogP contribution is -2.18. The van der Waals surface area contributed by atoms with Crippen LogP contribution in [0.5, 0.6) is 0 Å². The molecular weight excluding hydrogens is 371 g/mol. The van der Waals surface area contributed by atoms with Gasteiger partial charge in [0.2, 0.25) is 0 Å². The topological polar surface area (TPSA) is 50.7 Å². The van der Waals surface area contributed by atoms with Crippen molar-refractivity contribution in [2.45, 2.75) is 33.1 Å². The van der Waals surface area contributed by atoms with E-state index in [2.05, 4.69) is 65.6 Å². The van der Waals surface area contributed by atoms with E-state index in [4.69, 9.17) is 4.98 Å². The fraction of sp³-hybridized carbons (Fsp3) is 0.462. The number of nitrogens with one attached hydrogen (secondary N) is 1. The van der Waals surface area contributed by atoms with Gasteiger partial charge in [0.1, 0.15) is 5.82 Å². The van der Waals surface area contributed by atoms with E-state index in [9.17, 15) is 0 Å². The van der Waals surface area contributed by atoms with Crippen LogP contribution in [0, 0.1) is 3.57 Å². The van der Waals surface area contributed by atoms with Crippen molar-refractivity contribution in [3.63, 3.8) is 0 Å². The van der Waals surface area contributed by atoms with Gasteiger partial charge in [-0.15, -0.1) is 11.3 Å². The minimum absolute atomic E-state index is 0.0108. The molecule has 0 amide bonds. The lowest BCUT2D eigenvalue weighted by Gasteiger charge is -2.21. The summed E-state index contributed by atoms with van der Waals surface area (Å²) in [5.41, 5.74) is 2.87. The maximum Gasteiger partial charge on any atom is 0.173 e. The third kappa shape index (κ3) is 3.22. The summed E-state index contributed by atoms with van der Waals surface area (Å²) >= 11 is 3.89. The first-order valence-corrected chi connectivity index (χ1v) is 8.10. The molecule has 1 N–H and O–H groups in total. The molecule has 0 aromatic carbocycles. The number of halogens is 1. The fourth-order valence-electron chi connectivity index (χ4n) is 1.67. The van der Waals surface area contributed by atoms with Gasteiger partial charge in [-0.3, -0.25) is 4.98 Å². The second kappa shape index (κ2) is 5.70. The molecule has 0 fully saturated rings. The molecule has 0 aliphatic heterocycles. The summed E-state index contributed by atoms with van der Waals surface area (Å²) in [4.78, 5) is 14.5. The van der Waals surface area contributed by atoms with Gasteiger partial charge in [0.15, 0.2) is 5.82 Å². The average molecular weight is 388 g/mol. The molecule has 6 heteroatoms. The Morgan fingerprint density at radius 2 is 2.05 bits per heavy atom. The number of hydrogen-bond donors (Lipinski definition) is 1. The quantitative estimate of drug-likeness (QED) is 0.810. The molecule has 0 saturated heterocycles. The molecule has 0 atom stereocenters. The fourth-order valence-corrected chi connectivity index (χ4v) is 3.46. The Kier molecular flexibility index (Phi) is 4.39. The second-order valence-electron chi connectivity index (χ2n) is 5.20. The first kappa shape index (κ1) is 14.6. The maximum atomic E-state index is 4.74. The average Bonchev–Trinajstić information content (AvgIpc) is 2.84. The SMILES string of the molecule is CCNc1nc(-c2cncs2)nc(C(C)(C)C)c1I. The zero-order valence-corrected chi connectivity index (χ0v) is 14.5. The lowest BCUT2D eigenvalue weighted by molar-refractivity contribution is 0.564. The van der Waals surface area contributed by atoms with E-state index >= 15 is 0 Å². The van der Waals surface area contributed by atoms with Crippen molar-refractivity contribution in [3.05, 3.63) is 21.0 Å². The van der Waals surface area contributed by atoms with Gasteiger partial charge in [0, 0.05) is 18.2 Å². The summed E-state index contributed by atoms with van der Waals surface area (Å²) in [6, 6.07) is 0. The molecule has 2 aromatic rings. The van der Waals surface area contributed by atoms with Crippen molar-refractivity contribution < 1.29 is 0 Å². The van der Waals surface area contributed by atoms with Crippen LogP contribution in [-0.2, 0) is 5.41 Å². The van der Waals surface area contributed by atoms with Gasteiger partial charge < -0.3 is 5.32 Å². The molecule has 2 heterocycles. The summed E-state index contributed by atoms with van der Waals surface area (Å²) in [6.07, 6.45) is 1.81. The van der Waals surface area contributed by atoms with Crippen LogP contribution >= 0.6 is 33.9 Å². The van der Waals surface area contributed by atoms with Crippen molar-refractivity contribution in [1.82, 2.24) is 15.0 Å². The molecule has 102 valence electrons. The molecule has 0 spiro atoms. The number of rotatable bonds is 3. The van der Waals surface area contributed by atoms with Crippen molar-refractivity contribution in [3.8, 4) is 10.7 Å². The van der Waals surface area contributed by atoms with E-state index in [0.717, 1.165) is 32.3 Å². The van der Waals surface area contributed by atoms with Crippen LogP contribution in [0.3, 0.4) is 0 Å². The molecule has 0 aliphatic rings. The number of nitrogens with zero attached hydrogens (tertiary/aromatic N) is 3. The van der Waals surface area contributed by atoms with E-state index in [0.29, 0.717) is 0 Å². The molecule has 0 bridgehead atoms. The molecule has 4 nitrogen and oxygen atoms in total. The van der Waals surface area contributed by atoms with Gasteiger partial charge >= 0.3 is 0 Å². The highest BCUT2D eigenvalue weighted by Gasteiger charge is 2.23. The van der Waals surface area contributed by atoms with Gasteiger partial charge in [-0.2, -0.15) is 0 Å². The van der Waals surface area contributed by atoms with Crippen LogP contribution in [0.1, 0.15) is 33.4 Å².